The first-order chi connectivity index (χ1) is 44.5. The van der Waals surface area contributed by atoms with Gasteiger partial charge in [-0.2, -0.15) is 10.2 Å². The Morgan fingerprint density at radius 2 is 1.40 bits per heavy atom. The van der Waals surface area contributed by atoms with Crippen LogP contribution in [0.3, 0.4) is 0 Å². The lowest BCUT2D eigenvalue weighted by Crippen LogP contribution is -2.54. The van der Waals surface area contributed by atoms with Crippen molar-refractivity contribution in [2.24, 2.45) is 17.4 Å². The molecule has 0 unspecified atom stereocenters. The quantitative estimate of drug-likeness (QED) is 0.0206. The van der Waals surface area contributed by atoms with Crippen molar-refractivity contribution < 1.29 is 57.4 Å². The average Bonchev–Trinajstić information content (AvgIpc) is 1.60. The highest BCUT2D eigenvalue weighted by Gasteiger charge is 2.30. The Morgan fingerprint density at radius 1 is 0.742 bits per heavy atom. The Morgan fingerprint density at radius 3 is 2.06 bits per heavy atom. The lowest BCUT2D eigenvalue weighted by atomic mass is 10.0. The van der Waals surface area contributed by atoms with E-state index in [2.05, 4.69) is 31.5 Å². The molecule has 0 saturated heterocycles. The predicted octanol–water partition coefficient (Wildman–Crippen LogP) is 5.30. The number of carbonyl (C=O) groups excluding carboxylic acids is 9. The molecule has 0 aliphatic carbocycles. The van der Waals surface area contributed by atoms with Gasteiger partial charge in [0.15, 0.2) is 5.82 Å². The summed E-state index contributed by atoms with van der Waals surface area (Å²) in [5.41, 5.74) is 17.3. The van der Waals surface area contributed by atoms with Gasteiger partial charge in [-0.1, -0.05) is 38.1 Å². The van der Waals surface area contributed by atoms with Gasteiger partial charge in [0.05, 0.1) is 36.1 Å². The SMILES string of the molecule is CCn1nc(C)cc1C(=O)Nc1nc2cc(C(N)=O)cc(OC)c2n1C/C=C/Cn1c2nc(-c3cc(C)nn3CC)ncc2c2cc(C(N)=O)cc(OCCCN(C)C(=O)OCc3ccc(NC(=O)[C@H](C)NC(=O)[C@@H](NC(=O)CCN4C(=O)C=CC4=O)C(C)C)cc3)c21. The molecule has 3 aromatic carbocycles. The first kappa shape index (κ1) is 66.2. The highest BCUT2D eigenvalue weighted by molar-refractivity contribution is 6.13. The number of hydrogen-bond donors (Lipinski definition) is 6. The largest absolute Gasteiger partial charge is 0.494 e. The molecule has 8 aromatic rings. The summed E-state index contributed by atoms with van der Waals surface area (Å²) < 4.78 is 25.0. The summed E-state index contributed by atoms with van der Waals surface area (Å²) in [6.45, 7) is 13.8. The Labute approximate surface area is 533 Å². The zero-order valence-corrected chi connectivity index (χ0v) is 52.9. The fourth-order valence-electron chi connectivity index (χ4n) is 10.6. The summed E-state index contributed by atoms with van der Waals surface area (Å²) in [6, 6.07) is 14.4. The van der Waals surface area contributed by atoms with Crippen molar-refractivity contribution in [3.8, 4) is 23.0 Å². The van der Waals surface area contributed by atoms with Crippen molar-refractivity contribution in [3.05, 3.63) is 125 Å². The van der Waals surface area contributed by atoms with E-state index in [0.29, 0.717) is 98.1 Å². The molecule has 0 fully saturated rings. The standard InChI is InChI=1S/C64H73N17O12/c1-10-80-46(27-36(5)74-80)58-67-33-44-43-29-40(56(65)85)32-49(54(43)78(59(44)72-58)23-12-13-24-79-55-45(30-41(57(66)86)31-48(55)91-9)70-63(79)73-61(88)47-28-37(6)75-81(47)11-2)92-26-14-22-76(8)64(90)93-34-39-15-17-42(18-16-39)69-60(87)38(7)68-62(89)53(35(3)4)71-50(82)21-25-77-51(83)19-20-52(77)84/h12-13,15-20,27-33,35,38,53H,10-11,14,21-26,34H2,1-9H3,(H2,65,85)(H2,66,86)(H,68,89)(H,69,87)(H,71,82)(H,70,73,88)/b13-12+/t38-,53-/m0/s1. The first-order valence-corrected chi connectivity index (χ1v) is 30.1. The maximum Gasteiger partial charge on any atom is 0.409 e. The molecule has 9 amide bonds. The number of nitrogens with zero attached hydrogens (tertiary/aromatic N) is 11. The predicted molar refractivity (Wildman–Crippen MR) is 343 cm³/mol. The van der Waals surface area contributed by atoms with Crippen LogP contribution in [0, 0.1) is 19.8 Å². The summed E-state index contributed by atoms with van der Waals surface area (Å²) in [4.78, 5) is 132. The van der Waals surface area contributed by atoms with Crippen LogP contribution in [0.5, 0.6) is 11.5 Å². The summed E-state index contributed by atoms with van der Waals surface area (Å²) in [5.74, 6) is -3.77. The number of amides is 9. The number of aryl methyl sites for hydroxylation is 4. The van der Waals surface area contributed by atoms with Gasteiger partial charge in [-0.25, -0.2) is 19.7 Å². The second-order valence-corrected chi connectivity index (χ2v) is 22.4. The molecule has 5 aromatic heterocycles. The zero-order valence-electron chi connectivity index (χ0n) is 52.9. The number of benzene rings is 3. The molecule has 0 radical (unpaired) electrons. The van der Waals surface area contributed by atoms with E-state index in [0.717, 1.165) is 22.7 Å². The number of aromatic nitrogens is 9. The fraction of sp³-hybridized carbons (Fsp3) is 0.344. The second-order valence-electron chi connectivity index (χ2n) is 22.4. The Kier molecular flexibility index (Phi) is 20.4. The van der Waals surface area contributed by atoms with Gasteiger partial charge in [0.2, 0.25) is 35.5 Å². The number of imidazole rings is 1. The van der Waals surface area contributed by atoms with Crippen LogP contribution in [0.4, 0.5) is 16.4 Å². The van der Waals surface area contributed by atoms with Crippen LogP contribution >= 0.6 is 0 Å². The summed E-state index contributed by atoms with van der Waals surface area (Å²) in [5, 5.41) is 21.2. The molecule has 6 heterocycles. The van der Waals surface area contributed by atoms with Crippen molar-refractivity contribution in [1.82, 2.24) is 64.1 Å². The minimum absolute atomic E-state index is 0.0774. The zero-order chi connectivity index (χ0) is 66.9. The van der Waals surface area contributed by atoms with Crippen LogP contribution in [0.15, 0.2) is 91.2 Å². The summed E-state index contributed by atoms with van der Waals surface area (Å²) >= 11 is 0. The van der Waals surface area contributed by atoms with Crippen LogP contribution in [-0.2, 0) is 61.5 Å². The molecule has 9 rings (SSSR count). The maximum atomic E-state index is 13.9. The van der Waals surface area contributed by atoms with Crippen LogP contribution in [0.1, 0.15) is 95.6 Å². The monoisotopic (exact) mass is 1270 g/mol. The molecule has 8 N–H and O–H groups in total. The van der Waals surface area contributed by atoms with E-state index in [4.69, 9.17) is 40.6 Å². The van der Waals surface area contributed by atoms with Crippen LogP contribution < -0.4 is 42.2 Å². The van der Waals surface area contributed by atoms with E-state index >= 15 is 0 Å². The number of nitrogens with two attached hydrogens (primary N) is 2. The van der Waals surface area contributed by atoms with Crippen molar-refractivity contribution in [3.63, 3.8) is 0 Å². The third-order valence-corrected chi connectivity index (χ3v) is 15.4. The molecule has 0 bridgehead atoms. The number of fused-ring (bicyclic) bond motifs is 4. The van der Waals surface area contributed by atoms with Crippen molar-refractivity contribution in [1.29, 1.82) is 0 Å². The van der Waals surface area contributed by atoms with E-state index in [9.17, 15) is 43.2 Å². The summed E-state index contributed by atoms with van der Waals surface area (Å²) in [7, 11) is 3.04. The molecule has 0 spiro atoms. The molecule has 0 saturated carbocycles. The van der Waals surface area contributed by atoms with Crippen LogP contribution in [0.25, 0.3) is 44.5 Å². The van der Waals surface area contributed by atoms with Gasteiger partial charge in [-0.05, 0) is 101 Å². The number of methoxy groups -OCH3 is 1. The number of carbonyl (C=O) groups is 9. The normalized spacial score (nSPS) is 12.9. The number of nitrogens with one attached hydrogen (secondary N) is 4. The van der Waals surface area contributed by atoms with Crippen LogP contribution in [-0.4, -0.2) is 153 Å². The molecule has 29 heteroatoms. The van der Waals surface area contributed by atoms with Gasteiger partial charge < -0.3 is 55.7 Å². The summed E-state index contributed by atoms with van der Waals surface area (Å²) in [6.07, 6.45) is 7.19. The van der Waals surface area contributed by atoms with E-state index in [1.807, 2.05) is 48.2 Å². The molecule has 486 valence electrons. The van der Waals surface area contributed by atoms with Gasteiger partial charge >= 0.3 is 6.09 Å². The van der Waals surface area contributed by atoms with Gasteiger partial charge in [0, 0.05) is 98.7 Å². The highest BCUT2D eigenvalue weighted by atomic mass is 16.6. The van der Waals surface area contributed by atoms with Crippen molar-refractivity contribution in [2.45, 2.75) is 106 Å². The van der Waals surface area contributed by atoms with E-state index in [-0.39, 0.29) is 68.8 Å². The number of ether oxygens (including phenoxy) is 3. The van der Waals surface area contributed by atoms with Crippen molar-refractivity contribution in [2.75, 3.05) is 44.5 Å². The van der Waals surface area contributed by atoms with E-state index in [1.165, 1.54) is 31.1 Å². The Balaban J connectivity index is 0.871. The molecule has 1 aliphatic heterocycles. The fourth-order valence-corrected chi connectivity index (χ4v) is 10.6. The second kappa shape index (κ2) is 28.7. The van der Waals surface area contributed by atoms with E-state index in [1.54, 1.807) is 85.7 Å². The number of rotatable bonds is 28. The molecule has 2 atom stereocenters. The molecule has 29 nitrogen and oxygen atoms in total. The third-order valence-electron chi connectivity index (χ3n) is 15.4. The lowest BCUT2D eigenvalue weighted by molar-refractivity contribution is -0.137. The third kappa shape index (κ3) is 15.0. The minimum atomic E-state index is -1.01. The molecule has 1 aliphatic rings. The number of anilines is 2. The van der Waals surface area contributed by atoms with Crippen LogP contribution in [0.2, 0.25) is 0 Å². The van der Waals surface area contributed by atoms with E-state index < -0.39 is 65.4 Å². The minimum Gasteiger partial charge on any atom is -0.494 e. The molecular weight excluding hydrogens is 1200 g/mol. The lowest BCUT2D eigenvalue weighted by Gasteiger charge is -2.24. The van der Waals surface area contributed by atoms with Gasteiger partial charge in [0.25, 0.3) is 17.7 Å². The number of hydrogen-bond acceptors (Lipinski definition) is 17. The van der Waals surface area contributed by atoms with Gasteiger partial charge in [-0.3, -0.25) is 57.9 Å². The Hall–Kier alpha value is -11.3. The first-order valence-electron chi connectivity index (χ1n) is 30.1. The average molecular weight is 1270 g/mol. The van der Waals surface area contributed by atoms with Gasteiger partial charge in [0.1, 0.15) is 52.7 Å². The number of imide groups is 1. The number of allylic oxidation sites excluding steroid dienone is 2. The maximum absolute atomic E-state index is 13.9. The molecular formula is C64H73N17O12. The highest BCUT2D eigenvalue weighted by Crippen LogP contribution is 2.37. The Bertz CT molecular complexity index is 4290. The van der Waals surface area contributed by atoms with Gasteiger partial charge in [-0.15, -0.1) is 0 Å². The smallest absolute Gasteiger partial charge is 0.409 e. The van der Waals surface area contributed by atoms with Crippen molar-refractivity contribution >= 4 is 98.0 Å². The number of primary amides is 2. The molecule has 93 heavy (non-hydrogen) atoms. The topological polar surface area (TPSA) is 372 Å².